The van der Waals surface area contributed by atoms with Crippen molar-refractivity contribution in [3.05, 3.63) is 0 Å². The topological polar surface area (TPSA) is 110 Å². The summed E-state index contributed by atoms with van der Waals surface area (Å²) in [5, 5.41) is 45.6. The highest BCUT2D eigenvalue weighted by Crippen LogP contribution is 2.21. The molecule has 6 nitrogen and oxygen atoms in total. The highest BCUT2D eigenvalue weighted by atomic mass is 16.6. The number of hydrogen-bond acceptors (Lipinski definition) is 6. The fourth-order valence-corrected chi connectivity index (χ4v) is 1.29. The molecule has 6 heteroatoms. The molecule has 0 bridgehead atoms. The molecule has 1 heterocycles. The van der Waals surface area contributed by atoms with Crippen LogP contribution in [0.3, 0.4) is 0 Å². The molecule has 1 fully saturated rings. The van der Waals surface area contributed by atoms with E-state index in [4.69, 9.17) is 15.3 Å². The summed E-state index contributed by atoms with van der Waals surface area (Å²) in [6, 6.07) is 0. The van der Waals surface area contributed by atoms with E-state index in [0.29, 0.717) is 0 Å². The van der Waals surface area contributed by atoms with Gasteiger partial charge >= 0.3 is 0 Å². The molecule has 0 saturated carbocycles. The minimum atomic E-state index is -1.59. The van der Waals surface area contributed by atoms with E-state index in [0.717, 1.165) is 0 Å². The molecular weight excluding hydrogens is 180 g/mol. The van der Waals surface area contributed by atoms with Crippen molar-refractivity contribution in [2.45, 2.75) is 43.7 Å². The van der Waals surface area contributed by atoms with E-state index in [-0.39, 0.29) is 0 Å². The second kappa shape index (κ2) is 3.87. The molecule has 0 aromatic carbocycles. The zero-order valence-corrected chi connectivity index (χ0v) is 7.11. The third kappa shape index (κ3) is 1.98. The largest absolute Gasteiger partial charge is 0.391 e. The molecule has 1 saturated heterocycles. The summed E-state index contributed by atoms with van der Waals surface area (Å²) >= 11 is 0. The van der Waals surface area contributed by atoms with Crippen LogP contribution in [-0.2, 0) is 4.74 Å². The van der Waals surface area contributed by atoms with E-state index in [2.05, 4.69) is 4.74 Å². The van der Waals surface area contributed by atoms with Crippen LogP contribution in [0.5, 0.6) is 0 Å². The van der Waals surface area contributed by atoms with Crippen molar-refractivity contribution in [3.8, 4) is 0 Å². The summed E-state index contributed by atoms with van der Waals surface area (Å²) in [5.41, 5.74) is 0. The summed E-state index contributed by atoms with van der Waals surface area (Å²) in [7, 11) is 0. The molecule has 0 radical (unpaired) electrons. The molecule has 0 aliphatic carbocycles. The van der Waals surface area contributed by atoms with Crippen molar-refractivity contribution >= 4 is 0 Å². The fraction of sp³-hybridized carbons (Fsp3) is 1.00. The number of aliphatic hydroxyl groups is 5. The smallest absolute Gasteiger partial charge is 0.184 e. The average Bonchev–Trinajstić information content (AvgIpc) is 2.07. The minimum Gasteiger partial charge on any atom is -0.391 e. The van der Waals surface area contributed by atoms with Crippen LogP contribution >= 0.6 is 0 Å². The number of ether oxygens (including phenoxy) is 1. The molecule has 5 N–H and O–H groups in total. The highest BCUT2D eigenvalue weighted by Gasteiger charge is 2.44. The summed E-state index contributed by atoms with van der Waals surface area (Å²) in [4.78, 5) is 0. The van der Waals surface area contributed by atoms with Gasteiger partial charge in [0.15, 0.2) is 6.29 Å². The van der Waals surface area contributed by atoms with Gasteiger partial charge in [-0.2, -0.15) is 0 Å². The number of aliphatic hydroxyl groups excluding tert-OH is 5. The van der Waals surface area contributed by atoms with Crippen LogP contribution in [0.15, 0.2) is 0 Å². The van der Waals surface area contributed by atoms with Crippen molar-refractivity contribution in [2.75, 3.05) is 0 Å². The predicted molar refractivity (Wildman–Crippen MR) is 40.6 cm³/mol. The monoisotopic (exact) mass is 194 g/mol. The van der Waals surface area contributed by atoms with E-state index in [9.17, 15) is 10.2 Å². The van der Waals surface area contributed by atoms with E-state index >= 15 is 0 Å². The molecule has 1 aliphatic rings. The quantitative estimate of drug-likeness (QED) is 0.308. The van der Waals surface area contributed by atoms with Gasteiger partial charge in [-0.05, 0) is 6.92 Å². The Kier molecular flexibility index (Phi) is 3.23. The van der Waals surface area contributed by atoms with E-state index in [1.54, 1.807) is 0 Å². The van der Waals surface area contributed by atoms with Gasteiger partial charge in [-0.15, -0.1) is 0 Å². The maximum atomic E-state index is 9.29. The Morgan fingerprint density at radius 3 is 2.00 bits per heavy atom. The molecule has 0 spiro atoms. The Morgan fingerprint density at radius 2 is 1.54 bits per heavy atom. The third-order valence-corrected chi connectivity index (χ3v) is 2.10. The predicted octanol–water partition coefficient (Wildman–Crippen LogP) is -2.83. The van der Waals surface area contributed by atoms with Gasteiger partial charge < -0.3 is 30.3 Å². The summed E-state index contributed by atoms with van der Waals surface area (Å²) in [6.45, 7) is 1.35. The van der Waals surface area contributed by atoms with Gasteiger partial charge in [-0.25, -0.2) is 0 Å². The Hall–Kier alpha value is -0.240. The lowest BCUT2D eigenvalue weighted by molar-refractivity contribution is -0.295. The zero-order chi connectivity index (χ0) is 10.2. The van der Waals surface area contributed by atoms with E-state index in [1.807, 2.05) is 0 Å². The van der Waals surface area contributed by atoms with Crippen LogP contribution < -0.4 is 0 Å². The van der Waals surface area contributed by atoms with Crippen molar-refractivity contribution in [1.29, 1.82) is 0 Å². The Balaban J connectivity index is 2.70. The summed E-state index contributed by atoms with van der Waals surface area (Å²) < 4.78 is 4.69. The maximum Gasteiger partial charge on any atom is 0.184 e. The van der Waals surface area contributed by atoms with E-state index < -0.39 is 36.8 Å². The van der Waals surface area contributed by atoms with Crippen LogP contribution in [0.25, 0.3) is 0 Å². The normalized spacial score (nSPS) is 48.9. The lowest BCUT2D eigenvalue weighted by Gasteiger charge is -2.39. The van der Waals surface area contributed by atoms with Crippen LogP contribution in [-0.4, -0.2) is 62.3 Å². The van der Waals surface area contributed by atoms with Crippen LogP contribution in [0.4, 0.5) is 0 Å². The fourth-order valence-electron chi connectivity index (χ4n) is 1.29. The minimum absolute atomic E-state index is 1.04. The van der Waals surface area contributed by atoms with E-state index in [1.165, 1.54) is 6.92 Å². The second-order valence-corrected chi connectivity index (χ2v) is 3.20. The lowest BCUT2D eigenvalue weighted by Crippen LogP contribution is -2.60. The first kappa shape index (κ1) is 10.8. The molecule has 6 atom stereocenters. The first-order valence-corrected chi connectivity index (χ1v) is 4.01. The third-order valence-electron chi connectivity index (χ3n) is 2.10. The van der Waals surface area contributed by atoms with Gasteiger partial charge in [0.25, 0.3) is 0 Å². The first-order valence-electron chi connectivity index (χ1n) is 4.01. The van der Waals surface area contributed by atoms with Crippen LogP contribution in [0.1, 0.15) is 6.92 Å². The van der Waals surface area contributed by atoms with Gasteiger partial charge in [0, 0.05) is 0 Å². The van der Waals surface area contributed by atoms with Crippen LogP contribution in [0, 0.1) is 0 Å². The number of hydrogen-bond donors (Lipinski definition) is 5. The molecule has 1 aliphatic heterocycles. The Labute approximate surface area is 75.0 Å². The second-order valence-electron chi connectivity index (χ2n) is 3.20. The zero-order valence-electron chi connectivity index (χ0n) is 7.11. The molecule has 0 amide bonds. The van der Waals surface area contributed by atoms with Crippen molar-refractivity contribution in [1.82, 2.24) is 0 Å². The van der Waals surface area contributed by atoms with Gasteiger partial charge in [-0.3, -0.25) is 0 Å². The van der Waals surface area contributed by atoms with Gasteiger partial charge in [0.1, 0.15) is 24.4 Å². The van der Waals surface area contributed by atoms with Gasteiger partial charge in [0.2, 0.25) is 0 Å². The highest BCUT2D eigenvalue weighted by molar-refractivity contribution is 4.90. The van der Waals surface area contributed by atoms with Crippen molar-refractivity contribution < 1.29 is 30.3 Å². The Morgan fingerprint density at radius 1 is 1.00 bits per heavy atom. The molecular formula is C7H14O6. The summed E-state index contributed by atoms with van der Waals surface area (Å²) in [6.07, 6.45) is -8.18. The standard InChI is InChI=1S/C7H14O6/c1-2(8)6-4(10)3(9)5(11)7(12)13-6/h2-12H,1H3/t2-,3-,4+,5+,6+,7?/m0/s1. The summed E-state index contributed by atoms with van der Waals surface area (Å²) in [5.74, 6) is 0. The maximum absolute atomic E-state index is 9.29. The average molecular weight is 194 g/mol. The molecule has 13 heavy (non-hydrogen) atoms. The van der Waals surface area contributed by atoms with Crippen LogP contribution in [0.2, 0.25) is 0 Å². The molecule has 1 rings (SSSR count). The Bertz CT molecular complexity index is 172. The van der Waals surface area contributed by atoms with Gasteiger partial charge in [0.05, 0.1) is 6.10 Å². The van der Waals surface area contributed by atoms with Gasteiger partial charge in [-0.1, -0.05) is 0 Å². The van der Waals surface area contributed by atoms with Crippen molar-refractivity contribution in [3.63, 3.8) is 0 Å². The van der Waals surface area contributed by atoms with Crippen molar-refractivity contribution in [2.24, 2.45) is 0 Å². The first-order chi connectivity index (χ1) is 5.95. The molecule has 0 aromatic rings. The molecule has 1 unspecified atom stereocenters. The lowest BCUT2D eigenvalue weighted by atomic mass is 9.96. The molecule has 0 aromatic heterocycles. The molecule has 78 valence electrons. The SMILES string of the molecule is C[C@H](O)[C@H]1OC(O)[C@H](O)[C@@H](O)[C@H]1O. The number of rotatable bonds is 1.